The first-order valence-electron chi connectivity index (χ1n) is 11.8. The summed E-state index contributed by atoms with van der Waals surface area (Å²) in [5, 5.41) is 17.9. The van der Waals surface area contributed by atoms with E-state index in [0.29, 0.717) is 55.9 Å². The Morgan fingerprint density at radius 1 is 0.707 bits per heavy atom. The third kappa shape index (κ3) is 6.28. The fourth-order valence-electron chi connectivity index (χ4n) is 4.04. The van der Waals surface area contributed by atoms with E-state index >= 15 is 0 Å². The van der Waals surface area contributed by atoms with Gasteiger partial charge in [-0.25, -0.2) is 9.59 Å². The van der Waals surface area contributed by atoms with Crippen LogP contribution >= 0.6 is 23.5 Å². The number of hydrogen-bond acceptors (Lipinski definition) is 10. The number of carboxylic acids is 2. The van der Waals surface area contributed by atoms with Crippen LogP contribution in [0, 0.1) is 0 Å². The molecule has 2 saturated heterocycles. The van der Waals surface area contributed by atoms with Gasteiger partial charge in [0.25, 0.3) is 22.3 Å². The highest BCUT2D eigenvalue weighted by Gasteiger charge is 2.49. The molecule has 2 aromatic rings. The molecule has 2 atom stereocenters. The number of amides is 4. The number of imide groups is 2. The summed E-state index contributed by atoms with van der Waals surface area (Å²) in [6.07, 6.45) is 1.86. The molecule has 2 fully saturated rings. The summed E-state index contributed by atoms with van der Waals surface area (Å²) in [5.41, 5.74) is 1.07. The van der Waals surface area contributed by atoms with Crippen LogP contribution in [-0.2, 0) is 19.2 Å². The van der Waals surface area contributed by atoms with E-state index in [2.05, 4.69) is 0 Å². The molecule has 0 unspecified atom stereocenters. The van der Waals surface area contributed by atoms with Crippen LogP contribution in [0.2, 0.25) is 0 Å². The van der Waals surface area contributed by atoms with E-state index in [0.717, 1.165) is 0 Å². The number of carbonyl (C=O) groups excluding carboxylic acids is 4. The van der Waals surface area contributed by atoms with Gasteiger partial charge in [-0.15, -0.1) is 0 Å². The molecule has 212 valence electrons. The Kier molecular flexibility index (Phi) is 8.83. The summed E-state index contributed by atoms with van der Waals surface area (Å²) in [4.78, 5) is 76.9. The number of hydrogen-bond donors (Lipinski definition) is 2. The maximum Gasteiger partial charge on any atom is 0.327 e. The Bertz CT molecular complexity index is 1370. The maximum atomic E-state index is 13.1. The highest BCUT2D eigenvalue weighted by atomic mass is 32.2. The molecule has 4 amide bonds. The molecule has 2 aliphatic rings. The molecule has 0 aromatic heterocycles. The van der Waals surface area contributed by atoms with Crippen LogP contribution in [0.15, 0.2) is 58.3 Å². The average Bonchev–Trinajstić information content (AvgIpc) is 3.38. The molecule has 0 aliphatic carbocycles. The summed E-state index contributed by atoms with van der Waals surface area (Å²) in [6, 6.07) is 9.10. The van der Waals surface area contributed by atoms with E-state index in [4.69, 9.17) is 9.47 Å². The standard InChI is InChI=1S/C27H22N2O10S2/c1-38-16-7-3-14(4-8-16)11-20-22(30)28(26(36)40-20)18(24(32)33)13-19(25(34)35)29-23(31)21(41-27(29)37)12-15-5-9-17(39-2)10-6-15/h3-12,18-19H,13H2,1-2H3,(H,32,33)(H,34,35)/b20-11-,21-12-/t18-,19+. The monoisotopic (exact) mass is 598 g/mol. The normalized spacial score (nSPS) is 18.8. The van der Waals surface area contributed by atoms with Crippen molar-refractivity contribution in [1.82, 2.24) is 9.80 Å². The van der Waals surface area contributed by atoms with E-state index in [1.807, 2.05) is 0 Å². The molecule has 0 radical (unpaired) electrons. The molecule has 0 spiro atoms. The first-order chi connectivity index (χ1) is 19.5. The molecule has 41 heavy (non-hydrogen) atoms. The van der Waals surface area contributed by atoms with Crippen molar-refractivity contribution in [2.75, 3.05) is 14.2 Å². The Balaban J connectivity index is 1.58. The third-order valence-electron chi connectivity index (χ3n) is 6.11. The van der Waals surface area contributed by atoms with Gasteiger partial charge in [-0.05, 0) is 71.1 Å². The van der Waals surface area contributed by atoms with Gasteiger partial charge in [0.1, 0.15) is 23.6 Å². The molecular formula is C27H22N2O10S2. The molecule has 12 nitrogen and oxygen atoms in total. The van der Waals surface area contributed by atoms with E-state index in [1.165, 1.54) is 26.4 Å². The van der Waals surface area contributed by atoms with Crippen LogP contribution in [-0.4, -0.2) is 80.5 Å². The van der Waals surface area contributed by atoms with Gasteiger partial charge in [0.2, 0.25) is 0 Å². The fourth-order valence-corrected chi connectivity index (χ4v) is 5.80. The zero-order chi connectivity index (χ0) is 29.8. The Hall–Kier alpha value is -4.56. The quantitative estimate of drug-likeness (QED) is 0.381. The van der Waals surface area contributed by atoms with Crippen molar-refractivity contribution in [3.05, 3.63) is 69.5 Å². The number of carboxylic acid groups (broad SMARTS) is 2. The number of benzene rings is 2. The lowest BCUT2D eigenvalue weighted by Gasteiger charge is -2.27. The van der Waals surface area contributed by atoms with Crippen LogP contribution in [0.5, 0.6) is 11.5 Å². The van der Waals surface area contributed by atoms with Crippen molar-refractivity contribution in [3.63, 3.8) is 0 Å². The first-order valence-corrected chi connectivity index (χ1v) is 13.4. The van der Waals surface area contributed by atoms with Crippen molar-refractivity contribution < 1.29 is 48.5 Å². The molecule has 4 rings (SSSR count). The van der Waals surface area contributed by atoms with Crippen LogP contribution in [0.4, 0.5) is 9.59 Å². The smallest absolute Gasteiger partial charge is 0.327 e. The molecule has 2 aliphatic heterocycles. The second-order valence-corrected chi connectivity index (χ2v) is 10.6. The van der Waals surface area contributed by atoms with Crippen LogP contribution in [0.25, 0.3) is 12.2 Å². The second-order valence-electron chi connectivity index (χ2n) is 8.59. The summed E-state index contributed by atoms with van der Waals surface area (Å²) < 4.78 is 10.2. The Morgan fingerprint density at radius 2 is 1.05 bits per heavy atom. The summed E-state index contributed by atoms with van der Waals surface area (Å²) in [6.45, 7) is 0. The predicted octanol–water partition coefficient (Wildman–Crippen LogP) is 3.77. The number of nitrogens with zero attached hydrogens (tertiary/aromatic N) is 2. The summed E-state index contributed by atoms with van der Waals surface area (Å²) in [5.74, 6) is -4.11. The SMILES string of the molecule is COc1ccc(/C=C2\SC(=O)N([C@H](C[C@@H](C(=O)O)N3C(=O)S/C(=C\c4ccc(OC)cc4)C3=O)C(=O)O)C2=O)cc1. The second kappa shape index (κ2) is 12.3. The molecule has 14 heteroatoms. The van der Waals surface area contributed by atoms with Crippen LogP contribution < -0.4 is 9.47 Å². The van der Waals surface area contributed by atoms with Crippen molar-refractivity contribution in [1.29, 1.82) is 0 Å². The molecular weight excluding hydrogens is 576 g/mol. The van der Waals surface area contributed by atoms with E-state index in [9.17, 15) is 39.0 Å². The van der Waals surface area contributed by atoms with Gasteiger partial charge in [0, 0.05) is 6.42 Å². The largest absolute Gasteiger partial charge is 0.497 e. The summed E-state index contributed by atoms with van der Waals surface area (Å²) in [7, 11) is 2.97. The molecule has 2 N–H and O–H groups in total. The maximum absolute atomic E-state index is 13.1. The molecule has 0 bridgehead atoms. The van der Waals surface area contributed by atoms with Crippen LogP contribution in [0.1, 0.15) is 17.5 Å². The number of aliphatic carboxylic acids is 2. The minimum absolute atomic E-state index is 0.0770. The minimum atomic E-state index is -1.97. The summed E-state index contributed by atoms with van der Waals surface area (Å²) >= 11 is 0.984. The Morgan fingerprint density at radius 3 is 1.34 bits per heavy atom. The fraction of sp³-hybridized carbons (Fsp3) is 0.185. The lowest BCUT2D eigenvalue weighted by Crippen LogP contribution is -2.52. The predicted molar refractivity (Wildman–Crippen MR) is 149 cm³/mol. The first kappa shape index (κ1) is 29.4. The topological polar surface area (TPSA) is 168 Å². The number of methoxy groups -OCH3 is 2. The zero-order valence-electron chi connectivity index (χ0n) is 21.5. The van der Waals surface area contributed by atoms with Gasteiger partial charge < -0.3 is 19.7 Å². The lowest BCUT2D eigenvalue weighted by atomic mass is 10.0. The lowest BCUT2D eigenvalue weighted by molar-refractivity contribution is -0.151. The average molecular weight is 599 g/mol. The van der Waals surface area contributed by atoms with Gasteiger partial charge in [0.05, 0.1) is 24.0 Å². The minimum Gasteiger partial charge on any atom is -0.497 e. The van der Waals surface area contributed by atoms with Crippen molar-refractivity contribution >= 4 is 69.9 Å². The van der Waals surface area contributed by atoms with Crippen molar-refractivity contribution in [2.45, 2.75) is 18.5 Å². The van der Waals surface area contributed by atoms with Gasteiger partial charge in [-0.1, -0.05) is 24.3 Å². The van der Waals surface area contributed by atoms with E-state index < -0.39 is 52.7 Å². The number of rotatable bonds is 10. The molecule has 2 aromatic carbocycles. The third-order valence-corrected chi connectivity index (χ3v) is 7.88. The number of thioether (sulfide) groups is 2. The highest BCUT2D eigenvalue weighted by Crippen LogP contribution is 2.38. The number of carbonyl (C=O) groups is 6. The molecule has 0 saturated carbocycles. The Labute approximate surface area is 241 Å². The van der Waals surface area contributed by atoms with Crippen LogP contribution in [0.3, 0.4) is 0 Å². The van der Waals surface area contributed by atoms with E-state index in [-0.39, 0.29) is 9.81 Å². The van der Waals surface area contributed by atoms with Gasteiger partial charge in [0.15, 0.2) is 0 Å². The highest BCUT2D eigenvalue weighted by molar-refractivity contribution is 8.18. The van der Waals surface area contributed by atoms with Crippen molar-refractivity contribution in [3.8, 4) is 11.5 Å². The van der Waals surface area contributed by atoms with Crippen molar-refractivity contribution in [2.24, 2.45) is 0 Å². The number of ether oxygens (including phenoxy) is 2. The van der Waals surface area contributed by atoms with E-state index in [1.54, 1.807) is 48.5 Å². The van der Waals surface area contributed by atoms with Gasteiger partial charge in [-0.3, -0.25) is 29.0 Å². The zero-order valence-corrected chi connectivity index (χ0v) is 23.1. The van der Waals surface area contributed by atoms with Gasteiger partial charge >= 0.3 is 11.9 Å². The molecule has 2 heterocycles. The van der Waals surface area contributed by atoms with Gasteiger partial charge in [-0.2, -0.15) is 0 Å².